The van der Waals surface area contributed by atoms with E-state index >= 15 is 0 Å². The van der Waals surface area contributed by atoms with Gasteiger partial charge >= 0.3 is 6.09 Å². The topological polar surface area (TPSA) is 47.6 Å². The Balaban J connectivity index is 2.74. The van der Waals surface area contributed by atoms with Crippen molar-refractivity contribution < 1.29 is 14.3 Å². The van der Waals surface area contributed by atoms with Crippen LogP contribution in [-0.4, -0.2) is 24.7 Å². The molecule has 0 saturated heterocycles. The number of amides is 1. The molecular formula is C15H22ClNO3S. The number of halogens is 1. The summed E-state index contributed by atoms with van der Waals surface area (Å²) in [7, 11) is 0. The van der Waals surface area contributed by atoms with Gasteiger partial charge in [-0.2, -0.15) is 0 Å². The summed E-state index contributed by atoms with van der Waals surface area (Å²) in [6.07, 6.45) is -0.489. The first-order valence-corrected chi connectivity index (χ1v) is 8.19. The second-order valence-electron chi connectivity index (χ2n) is 4.90. The van der Waals surface area contributed by atoms with Gasteiger partial charge in [-0.3, -0.25) is 5.32 Å². The zero-order chi connectivity index (χ0) is 15.8. The van der Waals surface area contributed by atoms with E-state index in [-0.39, 0.29) is 5.44 Å². The fourth-order valence-electron chi connectivity index (χ4n) is 1.52. The molecule has 0 fully saturated rings. The Bertz CT molecular complexity index is 468. The van der Waals surface area contributed by atoms with Crippen molar-refractivity contribution >= 4 is 35.1 Å². The highest BCUT2D eigenvalue weighted by molar-refractivity contribution is 7.99. The van der Waals surface area contributed by atoms with Gasteiger partial charge in [-0.15, -0.1) is 0 Å². The Hall–Kier alpha value is -0.910. The average Bonchev–Trinajstić information content (AvgIpc) is 2.40. The van der Waals surface area contributed by atoms with Crippen molar-refractivity contribution in [2.45, 2.75) is 38.0 Å². The Morgan fingerprint density at radius 3 is 2.71 bits per heavy atom. The molecule has 1 aromatic rings. The van der Waals surface area contributed by atoms with Crippen LogP contribution in [0.5, 0.6) is 0 Å². The highest BCUT2D eigenvalue weighted by Gasteiger charge is 2.12. The molecule has 6 heteroatoms. The fraction of sp³-hybridized carbons (Fsp3) is 0.533. The van der Waals surface area contributed by atoms with Crippen molar-refractivity contribution in [2.24, 2.45) is 5.92 Å². The van der Waals surface area contributed by atoms with Crippen LogP contribution >= 0.6 is 23.4 Å². The van der Waals surface area contributed by atoms with Crippen LogP contribution in [0.15, 0.2) is 23.1 Å². The summed E-state index contributed by atoms with van der Waals surface area (Å²) >= 11 is 7.51. The van der Waals surface area contributed by atoms with Crippen LogP contribution in [0.3, 0.4) is 0 Å². The van der Waals surface area contributed by atoms with Crippen LogP contribution in [0.2, 0.25) is 5.02 Å². The van der Waals surface area contributed by atoms with Crippen LogP contribution in [0, 0.1) is 5.92 Å². The molecule has 0 bridgehead atoms. The molecule has 0 aliphatic carbocycles. The van der Waals surface area contributed by atoms with Crippen LogP contribution in [0.4, 0.5) is 10.5 Å². The van der Waals surface area contributed by atoms with Crippen molar-refractivity contribution in [1.29, 1.82) is 0 Å². The first kappa shape index (κ1) is 18.1. The lowest BCUT2D eigenvalue weighted by atomic mass is 10.2. The quantitative estimate of drug-likeness (QED) is 0.563. The van der Waals surface area contributed by atoms with Crippen molar-refractivity contribution in [3.63, 3.8) is 0 Å². The van der Waals surface area contributed by atoms with E-state index < -0.39 is 6.09 Å². The third-order valence-electron chi connectivity index (χ3n) is 2.41. The third kappa shape index (κ3) is 7.07. The predicted molar refractivity (Wildman–Crippen MR) is 88.2 cm³/mol. The predicted octanol–water partition coefficient (Wildman–Crippen LogP) is 5.02. The van der Waals surface area contributed by atoms with E-state index in [2.05, 4.69) is 19.2 Å². The lowest BCUT2D eigenvalue weighted by Gasteiger charge is -2.17. The molecule has 1 atom stereocenters. The summed E-state index contributed by atoms with van der Waals surface area (Å²) in [5.41, 5.74) is 0.613. The molecule has 0 heterocycles. The Kier molecular flexibility index (Phi) is 7.93. The maximum atomic E-state index is 11.6. The molecule has 1 amide bonds. The van der Waals surface area contributed by atoms with Gasteiger partial charge in [0.1, 0.15) is 5.44 Å². The van der Waals surface area contributed by atoms with Gasteiger partial charge in [0.05, 0.1) is 18.9 Å². The highest BCUT2D eigenvalue weighted by atomic mass is 35.5. The Labute approximate surface area is 135 Å². The van der Waals surface area contributed by atoms with Gasteiger partial charge in [0.2, 0.25) is 0 Å². The number of carbonyl (C=O) groups excluding carboxylic acids is 1. The summed E-state index contributed by atoms with van der Waals surface area (Å²) in [5.74, 6) is 0.482. The van der Waals surface area contributed by atoms with Crippen LogP contribution in [-0.2, 0) is 9.47 Å². The molecule has 21 heavy (non-hydrogen) atoms. The van der Waals surface area contributed by atoms with Gasteiger partial charge in [-0.25, -0.2) is 4.79 Å². The maximum absolute atomic E-state index is 11.6. The summed E-state index contributed by atoms with van der Waals surface area (Å²) in [6, 6.07) is 5.36. The fourth-order valence-corrected chi connectivity index (χ4v) is 2.58. The monoisotopic (exact) mass is 331 g/mol. The summed E-state index contributed by atoms with van der Waals surface area (Å²) in [5, 5.41) is 3.26. The number of anilines is 1. The van der Waals surface area contributed by atoms with Crippen LogP contribution < -0.4 is 5.32 Å². The van der Waals surface area contributed by atoms with Crippen molar-refractivity contribution in [2.75, 3.05) is 18.5 Å². The van der Waals surface area contributed by atoms with Crippen molar-refractivity contribution in [1.82, 2.24) is 0 Å². The number of rotatable bonds is 7. The SMILES string of the molecule is CCOC(=O)Nc1cc(Cl)ccc1SC(C)OCC(C)C. The largest absolute Gasteiger partial charge is 0.450 e. The minimum atomic E-state index is -0.489. The molecule has 4 nitrogen and oxygen atoms in total. The van der Waals surface area contributed by atoms with Crippen molar-refractivity contribution in [3.05, 3.63) is 23.2 Å². The lowest BCUT2D eigenvalue weighted by Crippen LogP contribution is -2.14. The van der Waals surface area contributed by atoms with Gasteiger partial charge in [-0.05, 0) is 38.0 Å². The number of carbonyl (C=O) groups is 1. The van der Waals surface area contributed by atoms with E-state index in [0.29, 0.717) is 29.8 Å². The van der Waals surface area contributed by atoms with Gasteiger partial charge in [0, 0.05) is 9.92 Å². The lowest BCUT2D eigenvalue weighted by molar-refractivity contribution is 0.100. The Morgan fingerprint density at radius 2 is 2.10 bits per heavy atom. The Morgan fingerprint density at radius 1 is 1.38 bits per heavy atom. The smallest absolute Gasteiger partial charge is 0.411 e. The molecule has 1 aromatic carbocycles. The summed E-state index contributed by atoms with van der Waals surface area (Å²) in [4.78, 5) is 12.5. The van der Waals surface area contributed by atoms with E-state index in [0.717, 1.165) is 4.90 Å². The van der Waals surface area contributed by atoms with Gasteiger partial charge in [0.15, 0.2) is 0 Å². The second-order valence-corrected chi connectivity index (χ2v) is 6.67. The van der Waals surface area contributed by atoms with Crippen LogP contribution in [0.1, 0.15) is 27.7 Å². The van der Waals surface area contributed by atoms with E-state index in [4.69, 9.17) is 21.1 Å². The van der Waals surface area contributed by atoms with E-state index in [1.807, 2.05) is 13.0 Å². The van der Waals surface area contributed by atoms with Crippen LogP contribution in [0.25, 0.3) is 0 Å². The molecule has 1 rings (SSSR count). The van der Waals surface area contributed by atoms with E-state index in [1.54, 1.807) is 19.1 Å². The van der Waals surface area contributed by atoms with Gasteiger partial charge < -0.3 is 9.47 Å². The zero-order valence-electron chi connectivity index (χ0n) is 12.8. The molecule has 0 saturated carbocycles. The standard InChI is InChI=1S/C15H22ClNO3S/c1-5-19-15(18)17-13-8-12(16)6-7-14(13)21-11(4)20-9-10(2)3/h6-8,10-11H,5,9H2,1-4H3,(H,17,18). The normalized spacial score (nSPS) is 12.3. The minimum absolute atomic E-state index is 0.0173. The molecule has 1 unspecified atom stereocenters. The summed E-state index contributed by atoms with van der Waals surface area (Å²) < 4.78 is 10.6. The molecule has 1 N–H and O–H groups in total. The first-order chi connectivity index (χ1) is 9.92. The molecule has 0 aliphatic rings. The number of thioether (sulfide) groups is 1. The number of nitrogens with one attached hydrogen (secondary N) is 1. The number of hydrogen-bond donors (Lipinski definition) is 1. The van der Waals surface area contributed by atoms with Crippen molar-refractivity contribution in [3.8, 4) is 0 Å². The zero-order valence-corrected chi connectivity index (χ0v) is 14.4. The number of hydrogen-bond acceptors (Lipinski definition) is 4. The maximum Gasteiger partial charge on any atom is 0.411 e. The minimum Gasteiger partial charge on any atom is -0.450 e. The molecule has 0 aromatic heterocycles. The first-order valence-electron chi connectivity index (χ1n) is 6.94. The molecule has 0 radical (unpaired) electrons. The third-order valence-corrected chi connectivity index (χ3v) is 3.72. The van der Waals surface area contributed by atoms with Gasteiger partial charge in [-0.1, -0.05) is 37.2 Å². The van der Waals surface area contributed by atoms with Gasteiger partial charge in [0.25, 0.3) is 0 Å². The van der Waals surface area contributed by atoms with E-state index in [1.165, 1.54) is 11.8 Å². The number of benzene rings is 1. The number of ether oxygens (including phenoxy) is 2. The molecule has 0 spiro atoms. The highest BCUT2D eigenvalue weighted by Crippen LogP contribution is 2.33. The summed E-state index contributed by atoms with van der Waals surface area (Å²) in [6.45, 7) is 8.97. The average molecular weight is 332 g/mol. The molecule has 118 valence electrons. The molecular weight excluding hydrogens is 310 g/mol. The second kappa shape index (κ2) is 9.18. The van der Waals surface area contributed by atoms with E-state index in [9.17, 15) is 4.79 Å². The molecule has 0 aliphatic heterocycles.